The minimum absolute atomic E-state index is 0.0740. The molecule has 2 saturated carbocycles. The van der Waals surface area contributed by atoms with Crippen LogP contribution in [0.5, 0.6) is 0 Å². The SMILES string of the molecule is NC1CC2CCCC(C1)C2NC(=O)CCNS(=O)(=O)c1cccnc1. The smallest absolute Gasteiger partial charge is 0.242 e. The largest absolute Gasteiger partial charge is 0.353 e. The third kappa shape index (κ3) is 4.56. The molecule has 3 rings (SSSR count). The van der Waals surface area contributed by atoms with Crippen LogP contribution in [0, 0.1) is 11.8 Å². The number of rotatable bonds is 6. The fourth-order valence-electron chi connectivity index (χ4n) is 4.17. The van der Waals surface area contributed by atoms with Gasteiger partial charge in [0.2, 0.25) is 15.9 Å². The highest BCUT2D eigenvalue weighted by atomic mass is 32.2. The number of nitrogens with zero attached hydrogens (tertiary/aromatic N) is 1. The van der Waals surface area contributed by atoms with Crippen LogP contribution in [0.3, 0.4) is 0 Å². The Kier molecular flexibility index (Phi) is 5.71. The van der Waals surface area contributed by atoms with Crippen molar-refractivity contribution in [3.63, 3.8) is 0 Å². The molecule has 2 unspecified atom stereocenters. The van der Waals surface area contributed by atoms with Gasteiger partial charge in [-0.3, -0.25) is 9.78 Å². The van der Waals surface area contributed by atoms with E-state index in [2.05, 4.69) is 15.0 Å². The van der Waals surface area contributed by atoms with Crippen molar-refractivity contribution < 1.29 is 13.2 Å². The summed E-state index contributed by atoms with van der Waals surface area (Å²) in [5.41, 5.74) is 6.11. The maximum Gasteiger partial charge on any atom is 0.242 e. The van der Waals surface area contributed by atoms with Crippen molar-refractivity contribution in [2.75, 3.05) is 6.54 Å². The molecule has 0 saturated heterocycles. The van der Waals surface area contributed by atoms with Crippen LogP contribution < -0.4 is 15.8 Å². The Morgan fingerprint density at radius 3 is 2.64 bits per heavy atom. The molecule has 0 aromatic carbocycles. The van der Waals surface area contributed by atoms with Gasteiger partial charge in [0.15, 0.2) is 0 Å². The van der Waals surface area contributed by atoms with Crippen molar-refractivity contribution in [1.82, 2.24) is 15.0 Å². The summed E-state index contributed by atoms with van der Waals surface area (Å²) in [5.74, 6) is 0.809. The second kappa shape index (κ2) is 7.80. The number of sulfonamides is 1. The van der Waals surface area contributed by atoms with Crippen LogP contribution in [0.15, 0.2) is 29.4 Å². The van der Waals surface area contributed by atoms with Gasteiger partial charge in [0.1, 0.15) is 4.90 Å². The van der Waals surface area contributed by atoms with Crippen molar-refractivity contribution >= 4 is 15.9 Å². The molecule has 25 heavy (non-hydrogen) atoms. The highest BCUT2D eigenvalue weighted by Crippen LogP contribution is 2.39. The first-order chi connectivity index (χ1) is 12.0. The minimum Gasteiger partial charge on any atom is -0.353 e. The van der Waals surface area contributed by atoms with Crippen molar-refractivity contribution in [3.05, 3.63) is 24.5 Å². The van der Waals surface area contributed by atoms with Crippen LogP contribution in [0.1, 0.15) is 38.5 Å². The quantitative estimate of drug-likeness (QED) is 0.688. The highest BCUT2D eigenvalue weighted by molar-refractivity contribution is 7.89. The van der Waals surface area contributed by atoms with Gasteiger partial charge in [-0.1, -0.05) is 6.42 Å². The molecule has 2 bridgehead atoms. The fraction of sp³-hybridized carbons (Fsp3) is 0.647. The first-order valence-corrected chi connectivity index (χ1v) is 10.4. The minimum atomic E-state index is -3.62. The van der Waals surface area contributed by atoms with E-state index in [9.17, 15) is 13.2 Å². The predicted molar refractivity (Wildman–Crippen MR) is 94.0 cm³/mol. The number of carbonyl (C=O) groups excluding carboxylic acids is 1. The number of pyridine rings is 1. The predicted octanol–water partition coefficient (Wildman–Crippen LogP) is 0.772. The molecule has 0 radical (unpaired) electrons. The molecule has 1 aromatic heterocycles. The second-order valence-corrected chi connectivity index (χ2v) is 8.88. The van der Waals surface area contributed by atoms with Crippen molar-refractivity contribution in [1.29, 1.82) is 0 Å². The molecule has 7 nitrogen and oxygen atoms in total. The average molecular weight is 366 g/mol. The van der Waals surface area contributed by atoms with Crippen molar-refractivity contribution in [2.24, 2.45) is 17.6 Å². The monoisotopic (exact) mass is 366 g/mol. The number of hydrogen-bond donors (Lipinski definition) is 3. The van der Waals surface area contributed by atoms with E-state index in [0.29, 0.717) is 11.8 Å². The summed E-state index contributed by atoms with van der Waals surface area (Å²) in [4.78, 5) is 16.2. The van der Waals surface area contributed by atoms with Gasteiger partial charge >= 0.3 is 0 Å². The van der Waals surface area contributed by atoms with Crippen LogP contribution in [-0.4, -0.2) is 37.9 Å². The standard InChI is InChI=1S/C17H26N4O3S/c18-14-9-12-3-1-4-13(10-14)17(12)21-16(22)6-8-20-25(23,24)15-5-2-7-19-11-15/h2,5,7,11-14,17,20H,1,3-4,6,8-10,18H2,(H,21,22). The van der Waals surface area contributed by atoms with Crippen LogP contribution in [0.25, 0.3) is 0 Å². The topological polar surface area (TPSA) is 114 Å². The first kappa shape index (κ1) is 18.3. The Hall–Kier alpha value is -1.51. The summed E-state index contributed by atoms with van der Waals surface area (Å²) in [7, 11) is -3.62. The average Bonchev–Trinajstić information content (AvgIpc) is 2.56. The van der Waals surface area contributed by atoms with Crippen LogP contribution in [0.4, 0.5) is 0 Å². The third-order valence-corrected chi connectivity index (χ3v) is 6.74. The van der Waals surface area contributed by atoms with Crippen LogP contribution in [-0.2, 0) is 14.8 Å². The van der Waals surface area contributed by atoms with E-state index in [1.165, 1.54) is 24.9 Å². The number of aromatic nitrogens is 1. The molecular formula is C17H26N4O3S. The molecule has 2 fully saturated rings. The molecule has 2 aliphatic rings. The number of carbonyl (C=O) groups is 1. The molecule has 0 aliphatic heterocycles. The molecule has 2 atom stereocenters. The van der Waals surface area contributed by atoms with E-state index >= 15 is 0 Å². The number of hydrogen-bond acceptors (Lipinski definition) is 5. The number of nitrogens with one attached hydrogen (secondary N) is 2. The molecule has 8 heteroatoms. The summed E-state index contributed by atoms with van der Waals surface area (Å²) < 4.78 is 26.7. The lowest BCUT2D eigenvalue weighted by Crippen LogP contribution is -2.54. The van der Waals surface area contributed by atoms with Gasteiger partial charge in [0.05, 0.1) is 0 Å². The zero-order valence-electron chi connectivity index (χ0n) is 14.2. The maximum absolute atomic E-state index is 12.3. The lowest BCUT2D eigenvalue weighted by molar-refractivity contribution is -0.123. The molecule has 1 heterocycles. The van der Waals surface area contributed by atoms with Gasteiger partial charge in [-0.15, -0.1) is 0 Å². The van der Waals surface area contributed by atoms with E-state index in [-0.39, 0.29) is 35.9 Å². The second-order valence-electron chi connectivity index (χ2n) is 7.11. The van der Waals surface area contributed by atoms with Gasteiger partial charge in [0.25, 0.3) is 0 Å². The maximum atomic E-state index is 12.3. The molecule has 2 aliphatic carbocycles. The normalized spacial score (nSPS) is 29.2. The summed E-state index contributed by atoms with van der Waals surface area (Å²) >= 11 is 0. The Morgan fingerprint density at radius 1 is 1.28 bits per heavy atom. The Morgan fingerprint density at radius 2 is 2.00 bits per heavy atom. The van der Waals surface area contributed by atoms with Crippen LogP contribution >= 0.6 is 0 Å². The van der Waals surface area contributed by atoms with Gasteiger partial charge in [-0.05, 0) is 49.7 Å². The van der Waals surface area contributed by atoms with Gasteiger partial charge < -0.3 is 11.1 Å². The first-order valence-electron chi connectivity index (χ1n) is 8.90. The van der Waals surface area contributed by atoms with Gasteiger partial charge in [-0.2, -0.15) is 0 Å². The zero-order chi connectivity index (χ0) is 17.9. The van der Waals surface area contributed by atoms with E-state index in [0.717, 1.165) is 25.7 Å². The van der Waals surface area contributed by atoms with E-state index < -0.39 is 10.0 Å². The number of fused-ring (bicyclic) bond motifs is 2. The molecular weight excluding hydrogens is 340 g/mol. The lowest BCUT2D eigenvalue weighted by atomic mass is 9.67. The molecule has 1 amide bonds. The summed E-state index contributed by atoms with van der Waals surface area (Å²) in [6.45, 7) is 0.0740. The molecule has 4 N–H and O–H groups in total. The van der Waals surface area contributed by atoms with E-state index in [1.807, 2.05) is 0 Å². The Labute approximate surface area is 148 Å². The fourth-order valence-corrected chi connectivity index (χ4v) is 5.17. The van der Waals surface area contributed by atoms with Gasteiger partial charge in [-0.25, -0.2) is 13.1 Å². The molecule has 1 aromatic rings. The number of nitrogens with two attached hydrogens (primary N) is 1. The Bertz CT molecular complexity index is 681. The summed E-state index contributed by atoms with van der Waals surface area (Å²) in [6, 6.07) is 3.47. The van der Waals surface area contributed by atoms with Crippen molar-refractivity contribution in [2.45, 2.75) is 55.5 Å². The third-order valence-electron chi connectivity index (χ3n) is 5.29. The van der Waals surface area contributed by atoms with Crippen molar-refractivity contribution in [3.8, 4) is 0 Å². The highest BCUT2D eigenvalue weighted by Gasteiger charge is 2.39. The molecule has 138 valence electrons. The number of amides is 1. The zero-order valence-corrected chi connectivity index (χ0v) is 15.0. The van der Waals surface area contributed by atoms with E-state index in [4.69, 9.17) is 5.73 Å². The van der Waals surface area contributed by atoms with E-state index in [1.54, 1.807) is 6.07 Å². The van der Waals surface area contributed by atoms with Gasteiger partial charge in [0, 0.05) is 37.4 Å². The lowest BCUT2D eigenvalue weighted by Gasteiger charge is -2.45. The summed E-state index contributed by atoms with van der Waals surface area (Å²) in [5, 5.41) is 3.13. The Balaban J connectivity index is 1.49. The van der Waals surface area contributed by atoms with Crippen LogP contribution in [0.2, 0.25) is 0 Å². The molecule has 0 spiro atoms. The summed E-state index contributed by atoms with van der Waals surface area (Å²) in [6.07, 6.45) is 8.30.